The van der Waals surface area contributed by atoms with Crippen LogP contribution in [0.25, 0.3) is 0 Å². The molecule has 0 amide bonds. The van der Waals surface area contributed by atoms with Crippen LogP contribution in [0.15, 0.2) is 10.9 Å². The summed E-state index contributed by atoms with van der Waals surface area (Å²) in [7, 11) is -2.95. The first-order chi connectivity index (χ1) is 6.48. The quantitative estimate of drug-likeness (QED) is 0.638. The molecule has 1 aromatic rings. The van der Waals surface area contributed by atoms with Gasteiger partial charge in [-0.25, -0.2) is 8.42 Å². The molecule has 2 heterocycles. The lowest BCUT2D eigenvalue weighted by Gasteiger charge is -2.10. The summed E-state index contributed by atoms with van der Waals surface area (Å²) in [6.45, 7) is 0. The molecule has 0 spiro atoms. The van der Waals surface area contributed by atoms with Crippen molar-refractivity contribution in [2.45, 2.75) is 12.5 Å². The van der Waals surface area contributed by atoms with Gasteiger partial charge in [-0.1, -0.05) is 0 Å². The van der Waals surface area contributed by atoms with Crippen molar-refractivity contribution in [2.75, 3.05) is 17.2 Å². The molecule has 0 saturated carbocycles. The third-order valence-corrected chi connectivity index (χ3v) is 4.11. The number of anilines is 1. The highest BCUT2D eigenvalue weighted by atomic mass is 32.2. The predicted molar refractivity (Wildman–Crippen MR) is 51.8 cm³/mol. The summed E-state index contributed by atoms with van der Waals surface area (Å²) in [6, 6.07) is 1.04. The Bertz CT molecular complexity index is 498. The average Bonchev–Trinajstić information content (AvgIpc) is 2.55. The first-order valence-corrected chi connectivity index (χ1v) is 6.07. The van der Waals surface area contributed by atoms with Crippen molar-refractivity contribution >= 4 is 15.7 Å². The van der Waals surface area contributed by atoms with E-state index in [4.69, 9.17) is 5.73 Å². The number of aromatic nitrogens is 2. The van der Waals surface area contributed by atoms with Crippen molar-refractivity contribution in [2.24, 2.45) is 0 Å². The van der Waals surface area contributed by atoms with Gasteiger partial charge < -0.3 is 5.73 Å². The molecule has 6 nitrogen and oxygen atoms in total. The standard InChI is InChI=1S/C7H11N3O3S/c8-6-3-7(11)9-10(6)5-1-2-14(12,13)4-5/h3,5H,1-2,4,8H2,(H,9,11). The molecule has 1 fully saturated rings. The minimum absolute atomic E-state index is 0.0574. The monoisotopic (exact) mass is 217 g/mol. The van der Waals surface area contributed by atoms with Gasteiger partial charge in [-0.2, -0.15) is 0 Å². The highest BCUT2D eigenvalue weighted by Gasteiger charge is 2.30. The number of hydrogen-bond donors (Lipinski definition) is 2. The van der Waals surface area contributed by atoms with Gasteiger partial charge in [-0.15, -0.1) is 0 Å². The molecule has 1 aliphatic rings. The molecule has 78 valence electrons. The van der Waals surface area contributed by atoms with Crippen molar-refractivity contribution in [3.8, 4) is 0 Å². The molecule has 0 bridgehead atoms. The lowest BCUT2D eigenvalue weighted by Crippen LogP contribution is -2.16. The highest BCUT2D eigenvalue weighted by Crippen LogP contribution is 2.23. The summed E-state index contributed by atoms with van der Waals surface area (Å²) in [5.74, 6) is 0.510. The predicted octanol–water partition coefficient (Wildman–Crippen LogP) is -0.882. The Hall–Kier alpha value is -1.24. The molecular formula is C7H11N3O3S. The van der Waals surface area contributed by atoms with E-state index in [2.05, 4.69) is 5.10 Å². The largest absolute Gasteiger partial charge is 0.384 e. The zero-order chi connectivity index (χ0) is 10.3. The van der Waals surface area contributed by atoms with Crippen LogP contribution in [0.3, 0.4) is 0 Å². The van der Waals surface area contributed by atoms with Crippen molar-refractivity contribution in [1.82, 2.24) is 9.78 Å². The zero-order valence-electron chi connectivity index (χ0n) is 7.43. The molecule has 14 heavy (non-hydrogen) atoms. The molecule has 2 rings (SSSR count). The van der Waals surface area contributed by atoms with Crippen LogP contribution in [0.4, 0.5) is 5.82 Å². The van der Waals surface area contributed by atoms with E-state index < -0.39 is 9.84 Å². The van der Waals surface area contributed by atoms with Gasteiger partial charge in [0.25, 0.3) is 5.56 Å². The van der Waals surface area contributed by atoms with Gasteiger partial charge in [-0.3, -0.25) is 14.6 Å². The number of nitrogens with one attached hydrogen (secondary N) is 1. The van der Waals surface area contributed by atoms with Crippen LogP contribution >= 0.6 is 0 Å². The third kappa shape index (κ3) is 1.54. The van der Waals surface area contributed by atoms with Gasteiger partial charge in [-0.05, 0) is 6.42 Å². The molecule has 1 aromatic heterocycles. The van der Waals surface area contributed by atoms with E-state index in [0.717, 1.165) is 0 Å². The fraction of sp³-hybridized carbons (Fsp3) is 0.571. The maximum atomic E-state index is 11.2. The summed E-state index contributed by atoms with van der Waals surface area (Å²) < 4.78 is 23.8. The van der Waals surface area contributed by atoms with Crippen molar-refractivity contribution < 1.29 is 8.42 Å². The second-order valence-corrected chi connectivity index (χ2v) is 5.70. The van der Waals surface area contributed by atoms with Crippen molar-refractivity contribution in [1.29, 1.82) is 0 Å². The Morgan fingerprint density at radius 2 is 2.29 bits per heavy atom. The van der Waals surface area contributed by atoms with E-state index in [1.54, 1.807) is 0 Å². The van der Waals surface area contributed by atoms with Gasteiger partial charge in [0.15, 0.2) is 9.84 Å². The summed E-state index contributed by atoms with van der Waals surface area (Å²) in [4.78, 5) is 10.9. The number of sulfone groups is 1. The number of aromatic amines is 1. The van der Waals surface area contributed by atoms with Gasteiger partial charge in [0.2, 0.25) is 0 Å². The van der Waals surface area contributed by atoms with Gasteiger partial charge in [0.1, 0.15) is 5.82 Å². The van der Waals surface area contributed by atoms with Gasteiger partial charge in [0, 0.05) is 6.07 Å². The summed E-state index contributed by atoms with van der Waals surface area (Å²) >= 11 is 0. The number of rotatable bonds is 1. The fourth-order valence-corrected chi connectivity index (χ4v) is 3.40. The molecule has 1 saturated heterocycles. The van der Waals surface area contributed by atoms with Crippen LogP contribution in [0.1, 0.15) is 12.5 Å². The van der Waals surface area contributed by atoms with Gasteiger partial charge in [0.05, 0.1) is 17.5 Å². The minimum atomic E-state index is -2.95. The Kier molecular flexibility index (Phi) is 1.91. The second kappa shape index (κ2) is 2.88. The molecule has 1 unspecified atom stereocenters. The van der Waals surface area contributed by atoms with E-state index in [-0.39, 0.29) is 28.9 Å². The van der Waals surface area contributed by atoms with E-state index in [9.17, 15) is 13.2 Å². The van der Waals surface area contributed by atoms with Crippen LogP contribution in [0, 0.1) is 0 Å². The van der Waals surface area contributed by atoms with Gasteiger partial charge >= 0.3 is 0 Å². The first-order valence-electron chi connectivity index (χ1n) is 4.25. The van der Waals surface area contributed by atoms with E-state index in [1.165, 1.54) is 10.7 Å². The van der Waals surface area contributed by atoms with E-state index >= 15 is 0 Å². The Morgan fingerprint density at radius 3 is 2.71 bits per heavy atom. The zero-order valence-corrected chi connectivity index (χ0v) is 8.25. The molecule has 1 aliphatic heterocycles. The van der Waals surface area contributed by atoms with Crippen LogP contribution < -0.4 is 11.3 Å². The third-order valence-electron chi connectivity index (χ3n) is 2.36. The summed E-state index contributed by atoms with van der Waals surface area (Å²) in [5, 5.41) is 2.50. The molecule has 0 aliphatic carbocycles. The maximum Gasteiger partial charge on any atom is 0.266 e. The van der Waals surface area contributed by atoms with Crippen LogP contribution in [0.2, 0.25) is 0 Å². The second-order valence-electron chi connectivity index (χ2n) is 3.47. The Morgan fingerprint density at radius 1 is 1.57 bits per heavy atom. The minimum Gasteiger partial charge on any atom is -0.384 e. The molecule has 0 aromatic carbocycles. The van der Waals surface area contributed by atoms with E-state index in [1.807, 2.05) is 0 Å². The molecule has 7 heteroatoms. The smallest absolute Gasteiger partial charge is 0.266 e. The highest BCUT2D eigenvalue weighted by molar-refractivity contribution is 7.91. The Balaban J connectivity index is 2.34. The lowest BCUT2D eigenvalue weighted by molar-refractivity contribution is 0.503. The molecule has 0 radical (unpaired) electrons. The van der Waals surface area contributed by atoms with E-state index in [0.29, 0.717) is 6.42 Å². The summed E-state index contributed by atoms with van der Waals surface area (Å²) in [6.07, 6.45) is 0.511. The molecule has 1 atom stereocenters. The molecule has 3 N–H and O–H groups in total. The van der Waals surface area contributed by atoms with Crippen LogP contribution in [-0.4, -0.2) is 29.7 Å². The normalized spacial score (nSPS) is 25.3. The van der Waals surface area contributed by atoms with Crippen molar-refractivity contribution in [3.63, 3.8) is 0 Å². The lowest BCUT2D eigenvalue weighted by atomic mass is 10.3. The molecular weight excluding hydrogens is 206 g/mol. The Labute approximate surface area is 80.6 Å². The number of nitrogens with zero attached hydrogens (tertiary/aromatic N) is 1. The number of H-pyrrole nitrogens is 1. The number of nitrogens with two attached hydrogens (primary N) is 1. The number of hydrogen-bond acceptors (Lipinski definition) is 4. The average molecular weight is 217 g/mol. The van der Waals surface area contributed by atoms with Crippen LogP contribution in [0.5, 0.6) is 0 Å². The first kappa shape index (κ1) is 9.32. The van der Waals surface area contributed by atoms with Crippen molar-refractivity contribution in [3.05, 3.63) is 16.4 Å². The van der Waals surface area contributed by atoms with Crippen LogP contribution in [-0.2, 0) is 9.84 Å². The SMILES string of the molecule is Nc1cc(=O)[nH]n1C1CCS(=O)(=O)C1. The summed E-state index contributed by atoms with van der Waals surface area (Å²) in [5.41, 5.74) is 5.25. The number of nitrogen functional groups attached to an aromatic ring is 1. The fourth-order valence-electron chi connectivity index (χ4n) is 1.70. The topological polar surface area (TPSA) is 97.9 Å². The maximum absolute atomic E-state index is 11.2.